The number of hydrogen-bond acceptors (Lipinski definition) is 4. The number of ether oxygens (including phenoxy) is 1. The van der Waals surface area contributed by atoms with E-state index in [1.165, 1.54) is 0 Å². The largest absolute Gasteiger partial charge is 0.387 e. The predicted molar refractivity (Wildman–Crippen MR) is 99.0 cm³/mol. The van der Waals surface area contributed by atoms with Crippen LogP contribution in [0.25, 0.3) is 10.9 Å². The lowest BCUT2D eigenvalue weighted by Crippen LogP contribution is -2.61. The first-order valence-corrected chi connectivity index (χ1v) is 9.26. The Labute approximate surface area is 149 Å². The minimum Gasteiger partial charge on any atom is -0.387 e. The zero-order valence-corrected chi connectivity index (χ0v) is 14.7. The molecule has 5 rings (SSSR count). The van der Waals surface area contributed by atoms with Crippen LogP contribution in [0.4, 0.5) is 0 Å². The Morgan fingerprint density at radius 3 is 3.04 bits per heavy atom. The molecule has 4 nitrogen and oxygen atoms in total. The molecular formula is C21H26N2O2. The quantitative estimate of drug-likeness (QED) is 0.847. The van der Waals surface area contributed by atoms with E-state index in [0.29, 0.717) is 18.4 Å². The summed E-state index contributed by atoms with van der Waals surface area (Å²) in [5, 5.41) is 12.3. The highest BCUT2D eigenvalue weighted by Crippen LogP contribution is 2.45. The number of aromatic nitrogens is 1. The van der Waals surface area contributed by atoms with Crippen LogP contribution in [0, 0.1) is 11.8 Å². The van der Waals surface area contributed by atoms with Crippen molar-refractivity contribution >= 4 is 10.9 Å². The highest BCUT2D eigenvalue weighted by Gasteiger charge is 2.48. The average Bonchev–Trinajstić information content (AvgIpc) is 2.67. The van der Waals surface area contributed by atoms with Gasteiger partial charge in [0.1, 0.15) is 6.23 Å². The lowest BCUT2D eigenvalue weighted by Gasteiger charge is -2.55. The van der Waals surface area contributed by atoms with Gasteiger partial charge in [-0.2, -0.15) is 0 Å². The third-order valence-corrected chi connectivity index (χ3v) is 5.90. The van der Waals surface area contributed by atoms with E-state index in [1.54, 1.807) is 6.20 Å². The third kappa shape index (κ3) is 2.78. The summed E-state index contributed by atoms with van der Waals surface area (Å²) < 4.78 is 6.06. The summed E-state index contributed by atoms with van der Waals surface area (Å²) in [6, 6.07) is 10.1. The van der Waals surface area contributed by atoms with Crippen molar-refractivity contribution in [2.24, 2.45) is 11.8 Å². The highest BCUT2D eigenvalue weighted by molar-refractivity contribution is 5.82. The molecule has 3 fully saturated rings. The van der Waals surface area contributed by atoms with Gasteiger partial charge in [-0.3, -0.25) is 9.88 Å². The molecule has 0 aliphatic carbocycles. The molecule has 2 aromatic rings. The molecule has 4 heterocycles. The lowest BCUT2D eigenvalue weighted by atomic mass is 9.72. The van der Waals surface area contributed by atoms with Gasteiger partial charge >= 0.3 is 0 Å². The van der Waals surface area contributed by atoms with Gasteiger partial charge in [0.15, 0.2) is 0 Å². The summed E-state index contributed by atoms with van der Waals surface area (Å²) in [7, 11) is 0. The molecule has 3 aliphatic rings. The van der Waals surface area contributed by atoms with Crippen LogP contribution in [0.1, 0.15) is 31.4 Å². The van der Waals surface area contributed by atoms with Gasteiger partial charge in [0.25, 0.3) is 0 Å². The van der Waals surface area contributed by atoms with E-state index in [4.69, 9.17) is 4.74 Å². The van der Waals surface area contributed by atoms with E-state index in [9.17, 15) is 5.11 Å². The molecule has 25 heavy (non-hydrogen) atoms. The van der Waals surface area contributed by atoms with Gasteiger partial charge in [-0.15, -0.1) is 6.58 Å². The van der Waals surface area contributed by atoms with E-state index in [1.807, 2.05) is 43.3 Å². The fourth-order valence-corrected chi connectivity index (χ4v) is 4.74. The van der Waals surface area contributed by atoms with Crippen molar-refractivity contribution in [3.05, 3.63) is 54.7 Å². The minimum atomic E-state index is -0.538. The van der Waals surface area contributed by atoms with Crippen LogP contribution in [0.5, 0.6) is 0 Å². The Hall–Kier alpha value is -1.75. The van der Waals surface area contributed by atoms with Gasteiger partial charge in [0.2, 0.25) is 0 Å². The first kappa shape index (κ1) is 16.7. The van der Waals surface area contributed by atoms with E-state index in [0.717, 1.165) is 35.9 Å². The molecule has 132 valence electrons. The number of hydrogen-bond donors (Lipinski definition) is 1. The van der Waals surface area contributed by atoms with Crippen molar-refractivity contribution < 1.29 is 9.84 Å². The molecule has 3 saturated heterocycles. The van der Waals surface area contributed by atoms with E-state index in [-0.39, 0.29) is 12.3 Å². The minimum absolute atomic E-state index is 0.0303. The average molecular weight is 338 g/mol. The van der Waals surface area contributed by atoms with Crippen LogP contribution in [0.3, 0.4) is 0 Å². The topological polar surface area (TPSA) is 45.6 Å². The molecule has 3 unspecified atom stereocenters. The monoisotopic (exact) mass is 338 g/mol. The summed E-state index contributed by atoms with van der Waals surface area (Å²) in [5.41, 5.74) is 1.90. The second-order valence-electron chi connectivity index (χ2n) is 7.11. The molecule has 1 aromatic carbocycles. The summed E-state index contributed by atoms with van der Waals surface area (Å²) in [5.74, 6) is 0.887. The number of rotatable bonds is 5. The fourth-order valence-electron chi connectivity index (χ4n) is 4.74. The van der Waals surface area contributed by atoms with Crippen LogP contribution in [-0.4, -0.2) is 40.4 Å². The second kappa shape index (κ2) is 6.87. The normalized spacial score (nSPS) is 32.6. The lowest BCUT2D eigenvalue weighted by molar-refractivity contribution is -0.186. The van der Waals surface area contributed by atoms with Gasteiger partial charge in [0.05, 0.1) is 11.6 Å². The maximum Gasteiger partial charge on any atom is 0.117 e. The van der Waals surface area contributed by atoms with Crippen LogP contribution >= 0.6 is 0 Å². The molecule has 6 atom stereocenters. The maximum atomic E-state index is 11.3. The molecule has 0 radical (unpaired) electrons. The van der Waals surface area contributed by atoms with Crippen molar-refractivity contribution in [1.29, 1.82) is 0 Å². The van der Waals surface area contributed by atoms with Crippen LogP contribution in [0.15, 0.2) is 49.2 Å². The molecule has 1 aromatic heterocycles. The van der Waals surface area contributed by atoms with E-state index < -0.39 is 6.10 Å². The first-order valence-electron chi connectivity index (χ1n) is 9.26. The van der Waals surface area contributed by atoms with Crippen LogP contribution in [-0.2, 0) is 4.74 Å². The number of fused-ring (bicyclic) bond motifs is 4. The maximum absolute atomic E-state index is 11.3. The zero-order chi connectivity index (χ0) is 17.4. The van der Waals surface area contributed by atoms with Gasteiger partial charge in [-0.1, -0.05) is 24.3 Å². The van der Waals surface area contributed by atoms with Crippen LogP contribution in [0.2, 0.25) is 0 Å². The van der Waals surface area contributed by atoms with Gasteiger partial charge in [-0.25, -0.2) is 0 Å². The summed E-state index contributed by atoms with van der Waals surface area (Å²) in [6.07, 6.45) is 5.47. The summed E-state index contributed by atoms with van der Waals surface area (Å²) in [4.78, 5) is 6.78. The Bertz CT molecular complexity index is 757. The van der Waals surface area contributed by atoms with Crippen molar-refractivity contribution in [2.45, 2.75) is 38.1 Å². The number of piperidine rings is 3. The number of pyridine rings is 1. The summed E-state index contributed by atoms with van der Waals surface area (Å²) in [6.45, 7) is 7.72. The second-order valence-corrected chi connectivity index (χ2v) is 7.11. The highest BCUT2D eigenvalue weighted by atomic mass is 16.5. The molecule has 0 spiro atoms. The fraction of sp³-hybridized carbons (Fsp3) is 0.476. The van der Waals surface area contributed by atoms with Crippen molar-refractivity contribution in [3.8, 4) is 0 Å². The van der Waals surface area contributed by atoms with Crippen LogP contribution < -0.4 is 0 Å². The van der Waals surface area contributed by atoms with E-state index in [2.05, 4.69) is 16.5 Å². The summed E-state index contributed by atoms with van der Waals surface area (Å²) >= 11 is 0. The van der Waals surface area contributed by atoms with Gasteiger partial charge < -0.3 is 9.84 Å². The Kier molecular flexibility index (Phi) is 4.59. The molecular weight excluding hydrogens is 312 g/mol. The van der Waals surface area contributed by atoms with Gasteiger partial charge in [-0.05, 0) is 43.4 Å². The molecule has 0 saturated carbocycles. The first-order chi connectivity index (χ1) is 12.2. The van der Waals surface area contributed by atoms with Crippen molar-refractivity contribution in [3.63, 3.8) is 0 Å². The predicted octanol–water partition coefficient (Wildman–Crippen LogP) is 3.53. The Morgan fingerprint density at radius 2 is 2.24 bits per heavy atom. The smallest absolute Gasteiger partial charge is 0.117 e. The number of aliphatic hydroxyl groups is 1. The molecule has 0 amide bonds. The number of benzene rings is 1. The molecule has 4 heteroatoms. The number of nitrogens with zero attached hydrogens (tertiary/aromatic N) is 2. The van der Waals surface area contributed by atoms with Crippen molar-refractivity contribution in [1.82, 2.24) is 9.88 Å². The zero-order valence-electron chi connectivity index (χ0n) is 14.7. The molecule has 1 N–H and O–H groups in total. The van der Waals surface area contributed by atoms with E-state index >= 15 is 0 Å². The molecule has 3 aliphatic heterocycles. The van der Waals surface area contributed by atoms with Gasteiger partial charge in [0, 0.05) is 36.7 Å². The Balaban J connectivity index is 1.68. The Morgan fingerprint density at radius 1 is 1.40 bits per heavy atom. The number of aliphatic hydroxyl groups excluding tert-OH is 1. The number of para-hydroxylation sites is 1. The molecule has 2 bridgehead atoms. The SMILES string of the molecule is C=C[C@H]1C(OCC)N2CC[C@H]1C[C@@H]2C(O)c1ccnc2ccccc12. The third-order valence-electron chi connectivity index (χ3n) is 5.90. The standard InChI is InChI=1S/C21H26N2O2/c1-3-15-14-10-12-23(21(15)25-4-2)19(13-14)20(24)17-9-11-22-18-8-6-5-7-16(17)18/h3,5-9,11,14-15,19-21,24H,1,4,10,12-13H2,2H3/t14-,15+,19+,20?,21?/m0/s1. The van der Waals surface area contributed by atoms with Crippen molar-refractivity contribution in [2.75, 3.05) is 13.2 Å².